The lowest BCUT2D eigenvalue weighted by atomic mass is 10.1. The largest absolute Gasteiger partial charge is 0.449 e. The van der Waals surface area contributed by atoms with Crippen LogP contribution in [0, 0.1) is 21.4 Å². The van der Waals surface area contributed by atoms with Gasteiger partial charge in [0.1, 0.15) is 0 Å². The lowest BCUT2D eigenvalue weighted by Crippen LogP contribution is -2.31. The van der Waals surface area contributed by atoms with Crippen LogP contribution in [0.25, 0.3) is 0 Å². The van der Waals surface area contributed by atoms with Crippen LogP contribution in [0.4, 0.5) is 21.0 Å². The highest BCUT2D eigenvalue weighted by Gasteiger charge is 2.30. The number of anilines is 2. The third-order valence-corrected chi connectivity index (χ3v) is 13.8. The summed E-state index contributed by atoms with van der Waals surface area (Å²) in [5, 5.41) is 16.6. The average Bonchev–Trinajstić information content (AvgIpc) is 3.15. The molecule has 0 saturated carbocycles. The van der Waals surface area contributed by atoms with Crippen LogP contribution in [0.1, 0.15) is 73.5 Å². The van der Waals surface area contributed by atoms with Gasteiger partial charge in [0, 0.05) is 39.7 Å². The summed E-state index contributed by atoms with van der Waals surface area (Å²) in [5.41, 5.74) is 1.35. The molecule has 2 rings (SSSR count). The maximum Gasteiger partial charge on any atom is 0.411 e. The second-order valence-electron chi connectivity index (χ2n) is 11.3. The minimum Gasteiger partial charge on any atom is -0.449 e. The first-order valence-corrected chi connectivity index (χ1v) is 23.5. The van der Waals surface area contributed by atoms with Crippen molar-refractivity contribution in [3.63, 3.8) is 0 Å². The van der Waals surface area contributed by atoms with Crippen molar-refractivity contribution in [2.45, 2.75) is 32.1 Å². The summed E-state index contributed by atoms with van der Waals surface area (Å²) < 4.78 is 13.2. The number of benzene rings is 2. The van der Waals surface area contributed by atoms with Crippen LogP contribution in [0.15, 0.2) is 50.6 Å². The Morgan fingerprint density at radius 1 is 0.439 bits per heavy atom. The molecule has 0 atom stereocenters. The first kappa shape index (κ1) is 51.3. The van der Waals surface area contributed by atoms with Crippen molar-refractivity contribution in [2.75, 3.05) is 50.0 Å². The summed E-state index contributed by atoms with van der Waals surface area (Å²) in [7, 11) is 0. The van der Waals surface area contributed by atoms with Gasteiger partial charge in [0.25, 0.3) is 23.6 Å². The highest BCUT2D eigenvalue weighted by Crippen LogP contribution is 2.37. The zero-order valence-electron chi connectivity index (χ0n) is 30.4. The molecule has 0 fully saturated rings. The Balaban J connectivity index is 2.21. The molecule has 0 unspecified atom stereocenters. The zero-order chi connectivity index (χ0) is 42.7. The van der Waals surface area contributed by atoms with Crippen LogP contribution in [0.5, 0.6) is 0 Å². The van der Waals surface area contributed by atoms with Crippen LogP contribution < -0.4 is 31.9 Å². The van der Waals surface area contributed by atoms with E-state index in [4.69, 9.17) is 9.47 Å². The quantitative estimate of drug-likeness (QED) is 0.0383. The number of carbonyl (C=O) groups is 6. The van der Waals surface area contributed by atoms with Crippen molar-refractivity contribution < 1.29 is 38.2 Å². The van der Waals surface area contributed by atoms with E-state index in [0.29, 0.717) is 73.3 Å². The van der Waals surface area contributed by atoms with E-state index in [1.54, 1.807) is 24.3 Å². The summed E-state index contributed by atoms with van der Waals surface area (Å²) in [6.45, 7) is 15.7. The highest BCUT2D eigenvalue weighted by molar-refractivity contribution is 14.1. The highest BCUT2D eigenvalue weighted by atomic mass is 127. The smallest absolute Gasteiger partial charge is 0.411 e. The fraction of sp³-hybridized carbons (Fsp3) is 0.297. The van der Waals surface area contributed by atoms with Crippen molar-refractivity contribution in [2.24, 2.45) is 0 Å². The summed E-state index contributed by atoms with van der Waals surface area (Å²) in [6, 6.07) is 0. The molecule has 0 heterocycles. The fourth-order valence-electron chi connectivity index (χ4n) is 4.51. The van der Waals surface area contributed by atoms with Gasteiger partial charge in [-0.15, -0.1) is 26.3 Å². The molecule has 0 radical (unpaired) electrons. The summed E-state index contributed by atoms with van der Waals surface area (Å²) in [4.78, 5) is 79.1. The van der Waals surface area contributed by atoms with Gasteiger partial charge in [0.05, 0.1) is 61.1 Å². The first-order chi connectivity index (χ1) is 27.2. The number of ether oxygens (including phenoxy) is 2. The Bertz CT molecular complexity index is 1670. The second-order valence-corrected chi connectivity index (χ2v) is 17.8. The monoisotopic (exact) mass is 1460 g/mol. The lowest BCUT2D eigenvalue weighted by molar-refractivity contribution is 0.0936. The van der Waals surface area contributed by atoms with E-state index in [-0.39, 0.29) is 53.3 Å². The van der Waals surface area contributed by atoms with Crippen LogP contribution in [0.3, 0.4) is 0 Å². The molecule has 2 aromatic carbocycles. The van der Waals surface area contributed by atoms with Gasteiger partial charge in [-0.2, -0.15) is 0 Å². The normalized spacial score (nSPS) is 10.4. The van der Waals surface area contributed by atoms with Gasteiger partial charge in [-0.1, -0.05) is 24.3 Å². The molecule has 2 aromatic rings. The number of hydrogen-bond acceptors (Lipinski definition) is 8. The minimum atomic E-state index is -0.853. The molecule has 0 bridgehead atoms. The predicted octanol–water partition coefficient (Wildman–Crippen LogP) is 8.73. The number of carbonyl (C=O) groups excluding carboxylic acids is 6. The molecule has 57 heavy (non-hydrogen) atoms. The average molecular weight is 1460 g/mol. The third-order valence-electron chi connectivity index (χ3n) is 7.29. The van der Waals surface area contributed by atoms with Crippen molar-refractivity contribution in [3.8, 4) is 0 Å². The molecule has 0 spiro atoms. The van der Waals surface area contributed by atoms with Crippen LogP contribution in [-0.4, -0.2) is 75.2 Å². The van der Waals surface area contributed by atoms with E-state index < -0.39 is 35.8 Å². The molecule has 0 aliphatic rings. The Hall–Kier alpha value is -1.80. The van der Waals surface area contributed by atoms with Gasteiger partial charge < -0.3 is 30.7 Å². The van der Waals surface area contributed by atoms with E-state index in [0.717, 1.165) is 0 Å². The van der Waals surface area contributed by atoms with E-state index in [9.17, 15) is 28.8 Å². The van der Waals surface area contributed by atoms with Gasteiger partial charge in [0.2, 0.25) is 0 Å². The van der Waals surface area contributed by atoms with E-state index in [1.807, 2.05) is 136 Å². The maximum absolute atomic E-state index is 13.3. The van der Waals surface area contributed by atoms with Crippen molar-refractivity contribution in [1.82, 2.24) is 21.3 Å². The topological polar surface area (TPSA) is 193 Å². The van der Waals surface area contributed by atoms with E-state index in [2.05, 4.69) is 58.2 Å². The molecule has 14 nitrogen and oxygen atoms in total. The van der Waals surface area contributed by atoms with Crippen LogP contribution >= 0.6 is 136 Å². The molecule has 6 amide bonds. The minimum absolute atomic E-state index is 0.115. The standard InChI is InChI=1S/C37H40I6N6O8/c1-5-9-14-44-32(50)20-24(38)21(33(51)45-15-10-6-2)27(41)30(26(20)40)48-36(54)56-18-13-19-57-37(55)49-31-28(42)22(34(52)46-16-11-7-3)25(39)23(29(31)43)35(53)47-17-12-8-4/h5-8H,1-4,9-19H2,(H,44,50)(H,45,51)(H,46,52)(H,47,53)(H,48,54)(H,49,55). The molecule has 308 valence electrons. The van der Waals surface area contributed by atoms with E-state index >= 15 is 0 Å². The number of nitrogens with one attached hydrogen (secondary N) is 6. The first-order valence-electron chi connectivity index (χ1n) is 17.0. The molecular formula is C37H40I6N6O8. The van der Waals surface area contributed by atoms with Crippen LogP contribution in [0.2, 0.25) is 0 Å². The SMILES string of the molecule is C=CCCNC(=O)c1c(I)c(NC(=O)OCCCOC(=O)Nc2c(I)c(C(=O)NCCC=C)c(I)c(C(=O)NCCC=C)c2I)c(I)c(C(=O)NCCC=C)c1I. The zero-order valence-corrected chi connectivity index (χ0v) is 43.4. The number of rotatable bonds is 22. The third kappa shape index (κ3) is 15.3. The summed E-state index contributed by atoms with van der Waals surface area (Å²) in [6.07, 6.45) is 7.25. The Labute approximate surface area is 413 Å². The van der Waals surface area contributed by atoms with Gasteiger partial charge in [-0.05, 0) is 161 Å². The molecule has 20 heteroatoms. The van der Waals surface area contributed by atoms with Gasteiger partial charge in [-0.3, -0.25) is 29.8 Å². The van der Waals surface area contributed by atoms with E-state index in [1.165, 1.54) is 0 Å². The summed E-state index contributed by atoms with van der Waals surface area (Å²) in [5.74, 6) is -1.69. The van der Waals surface area contributed by atoms with Gasteiger partial charge >= 0.3 is 12.2 Å². The molecule has 0 saturated heterocycles. The molecule has 0 aliphatic heterocycles. The number of hydrogen-bond donors (Lipinski definition) is 6. The van der Waals surface area contributed by atoms with Crippen molar-refractivity contribution in [1.29, 1.82) is 0 Å². The number of amides is 6. The Morgan fingerprint density at radius 2 is 0.684 bits per heavy atom. The molecular weight excluding hydrogens is 1420 g/mol. The molecule has 0 aromatic heterocycles. The second kappa shape index (κ2) is 27.1. The molecule has 6 N–H and O–H groups in total. The molecule has 0 aliphatic carbocycles. The lowest BCUT2D eigenvalue weighted by Gasteiger charge is -2.20. The number of halogens is 6. The summed E-state index contributed by atoms with van der Waals surface area (Å²) >= 11 is 11.7. The van der Waals surface area contributed by atoms with Crippen molar-refractivity contribution in [3.05, 3.63) is 94.3 Å². The van der Waals surface area contributed by atoms with Crippen LogP contribution in [-0.2, 0) is 9.47 Å². The Kier molecular flexibility index (Phi) is 24.4. The van der Waals surface area contributed by atoms with Crippen molar-refractivity contribution >= 4 is 183 Å². The maximum atomic E-state index is 13.3. The van der Waals surface area contributed by atoms with Gasteiger partial charge in [-0.25, -0.2) is 9.59 Å². The van der Waals surface area contributed by atoms with Gasteiger partial charge in [0.15, 0.2) is 0 Å². The predicted molar refractivity (Wildman–Crippen MR) is 272 cm³/mol. The Morgan fingerprint density at radius 3 is 0.912 bits per heavy atom. The fourth-order valence-corrected chi connectivity index (χ4v) is 13.3.